The Bertz CT molecular complexity index is 577. The van der Waals surface area contributed by atoms with E-state index < -0.39 is 6.61 Å². The summed E-state index contributed by atoms with van der Waals surface area (Å²) in [6, 6.07) is 6.79. The molecule has 1 amide bonds. The second-order valence-electron chi connectivity index (χ2n) is 7.16. The molecule has 3 rings (SSSR count). The van der Waals surface area contributed by atoms with E-state index in [1.54, 1.807) is 12.1 Å². The van der Waals surface area contributed by atoms with Crippen molar-refractivity contribution in [2.75, 3.05) is 26.2 Å². The molecule has 2 saturated heterocycles. The summed E-state index contributed by atoms with van der Waals surface area (Å²) in [6.07, 6.45) is 4.22. The number of rotatable bonds is 7. The lowest BCUT2D eigenvalue weighted by atomic mass is 9.97. The van der Waals surface area contributed by atoms with Crippen molar-refractivity contribution in [1.82, 2.24) is 15.5 Å². The van der Waals surface area contributed by atoms with Crippen molar-refractivity contribution in [1.29, 1.82) is 0 Å². The first-order chi connectivity index (χ1) is 12.6. The fourth-order valence-corrected chi connectivity index (χ4v) is 3.77. The predicted octanol–water partition coefficient (Wildman–Crippen LogP) is 2.37. The number of nitrogens with one attached hydrogen (secondary N) is 2. The minimum Gasteiger partial charge on any atom is -0.435 e. The highest BCUT2D eigenvalue weighted by atomic mass is 19.3. The largest absolute Gasteiger partial charge is 0.435 e. The summed E-state index contributed by atoms with van der Waals surface area (Å²) >= 11 is 0. The van der Waals surface area contributed by atoms with Crippen LogP contribution in [0.15, 0.2) is 24.3 Å². The number of benzene rings is 1. The van der Waals surface area contributed by atoms with Gasteiger partial charge >= 0.3 is 6.61 Å². The molecule has 7 heteroatoms. The van der Waals surface area contributed by atoms with Gasteiger partial charge < -0.3 is 15.4 Å². The minimum atomic E-state index is -2.79. The molecule has 2 aliphatic heterocycles. The van der Waals surface area contributed by atoms with Crippen LogP contribution in [0.4, 0.5) is 8.78 Å². The number of piperidine rings is 1. The molecule has 144 valence electrons. The molecule has 26 heavy (non-hydrogen) atoms. The molecule has 0 bridgehead atoms. The molecule has 2 aliphatic rings. The van der Waals surface area contributed by atoms with Gasteiger partial charge in [0, 0.05) is 19.6 Å². The standard InChI is InChI=1S/C19H27F2N3O2/c20-19(21)26-16-7-5-14(6-8-16)12-24-10-2-3-15(13-24)11-23-18(25)17-4-1-9-22-17/h5-8,15,17,19,22H,1-4,9-13H2,(H,23,25). The Hall–Kier alpha value is -1.73. The van der Waals surface area contributed by atoms with Crippen molar-refractivity contribution in [2.24, 2.45) is 5.92 Å². The van der Waals surface area contributed by atoms with Crippen molar-refractivity contribution in [3.8, 4) is 5.75 Å². The average Bonchev–Trinajstić information content (AvgIpc) is 3.16. The van der Waals surface area contributed by atoms with Crippen LogP contribution in [0.3, 0.4) is 0 Å². The third-order valence-electron chi connectivity index (χ3n) is 5.10. The van der Waals surface area contributed by atoms with Gasteiger partial charge in [-0.1, -0.05) is 12.1 Å². The zero-order chi connectivity index (χ0) is 18.4. The summed E-state index contributed by atoms with van der Waals surface area (Å²) in [5.74, 6) is 0.758. The van der Waals surface area contributed by atoms with Crippen LogP contribution in [-0.4, -0.2) is 49.6 Å². The van der Waals surface area contributed by atoms with Crippen LogP contribution in [0.25, 0.3) is 0 Å². The summed E-state index contributed by atoms with van der Waals surface area (Å²) in [6.45, 7) is 1.59. The minimum absolute atomic E-state index is 0.0244. The molecule has 0 radical (unpaired) electrons. The molecule has 1 aromatic rings. The molecular formula is C19H27F2N3O2. The summed E-state index contributed by atoms with van der Waals surface area (Å²) in [7, 11) is 0. The zero-order valence-electron chi connectivity index (χ0n) is 14.9. The van der Waals surface area contributed by atoms with Gasteiger partial charge in [-0.2, -0.15) is 8.78 Å². The van der Waals surface area contributed by atoms with E-state index in [1.807, 2.05) is 12.1 Å². The van der Waals surface area contributed by atoms with Crippen LogP contribution in [0.1, 0.15) is 31.2 Å². The highest BCUT2D eigenvalue weighted by Gasteiger charge is 2.24. The van der Waals surface area contributed by atoms with Crippen molar-refractivity contribution in [2.45, 2.75) is 44.9 Å². The first-order valence-electron chi connectivity index (χ1n) is 9.37. The maximum atomic E-state index is 12.2. The molecule has 2 heterocycles. The van der Waals surface area contributed by atoms with Gasteiger partial charge in [0.2, 0.25) is 5.91 Å². The Labute approximate surface area is 153 Å². The fourth-order valence-electron chi connectivity index (χ4n) is 3.77. The van der Waals surface area contributed by atoms with E-state index in [-0.39, 0.29) is 17.7 Å². The van der Waals surface area contributed by atoms with E-state index in [0.717, 1.165) is 57.4 Å². The van der Waals surface area contributed by atoms with Gasteiger partial charge in [-0.25, -0.2) is 0 Å². The van der Waals surface area contributed by atoms with Crippen molar-refractivity contribution >= 4 is 5.91 Å². The lowest BCUT2D eigenvalue weighted by molar-refractivity contribution is -0.123. The van der Waals surface area contributed by atoms with Gasteiger partial charge in [0.15, 0.2) is 0 Å². The van der Waals surface area contributed by atoms with Gasteiger partial charge in [-0.3, -0.25) is 9.69 Å². The number of likely N-dealkylation sites (tertiary alicyclic amines) is 1. The second kappa shape index (κ2) is 9.28. The van der Waals surface area contributed by atoms with Crippen molar-refractivity contribution in [3.63, 3.8) is 0 Å². The summed E-state index contributed by atoms with van der Waals surface area (Å²) < 4.78 is 28.8. The van der Waals surface area contributed by atoms with Crippen LogP contribution < -0.4 is 15.4 Å². The monoisotopic (exact) mass is 367 g/mol. The summed E-state index contributed by atoms with van der Waals surface area (Å²) in [5, 5.41) is 6.31. The molecule has 2 atom stereocenters. The molecule has 0 spiro atoms. The van der Waals surface area contributed by atoms with Crippen molar-refractivity contribution < 1.29 is 18.3 Å². The van der Waals surface area contributed by atoms with E-state index >= 15 is 0 Å². The molecule has 5 nitrogen and oxygen atoms in total. The Morgan fingerprint density at radius 1 is 1.27 bits per heavy atom. The predicted molar refractivity (Wildman–Crippen MR) is 95.1 cm³/mol. The van der Waals surface area contributed by atoms with Gasteiger partial charge in [0.25, 0.3) is 0 Å². The molecule has 0 aliphatic carbocycles. The first kappa shape index (κ1) is 19.0. The summed E-state index contributed by atoms with van der Waals surface area (Å²) in [5.41, 5.74) is 1.08. The molecule has 0 aromatic heterocycles. The SMILES string of the molecule is O=C(NCC1CCCN(Cc2ccc(OC(F)F)cc2)C1)C1CCCN1. The highest BCUT2D eigenvalue weighted by Crippen LogP contribution is 2.20. The normalized spacial score (nSPS) is 24.0. The number of ether oxygens (including phenoxy) is 1. The molecular weight excluding hydrogens is 340 g/mol. The van der Waals surface area contributed by atoms with Crippen LogP contribution >= 0.6 is 0 Å². The molecule has 1 aromatic carbocycles. The number of halogens is 2. The fraction of sp³-hybridized carbons (Fsp3) is 0.632. The Kier molecular flexibility index (Phi) is 6.80. The smallest absolute Gasteiger partial charge is 0.387 e. The van der Waals surface area contributed by atoms with Crippen LogP contribution in [0.2, 0.25) is 0 Å². The number of carbonyl (C=O) groups excluding carboxylic acids is 1. The van der Waals surface area contributed by atoms with Crippen molar-refractivity contribution in [3.05, 3.63) is 29.8 Å². The lowest BCUT2D eigenvalue weighted by Gasteiger charge is -2.33. The third-order valence-corrected chi connectivity index (χ3v) is 5.10. The van der Waals surface area contributed by atoms with E-state index in [2.05, 4.69) is 20.3 Å². The molecule has 2 fully saturated rings. The van der Waals surface area contributed by atoms with Crippen LogP contribution in [-0.2, 0) is 11.3 Å². The average molecular weight is 367 g/mol. The number of hydrogen-bond acceptors (Lipinski definition) is 4. The van der Waals surface area contributed by atoms with E-state index in [0.29, 0.717) is 12.5 Å². The number of hydrogen-bond donors (Lipinski definition) is 2. The zero-order valence-corrected chi connectivity index (χ0v) is 14.9. The number of nitrogens with zero attached hydrogens (tertiary/aromatic N) is 1. The number of amides is 1. The lowest BCUT2D eigenvalue weighted by Crippen LogP contribution is -2.45. The Balaban J connectivity index is 1.43. The Morgan fingerprint density at radius 3 is 2.77 bits per heavy atom. The van der Waals surface area contributed by atoms with E-state index in [1.165, 1.54) is 0 Å². The first-order valence-corrected chi connectivity index (χ1v) is 9.37. The third kappa shape index (κ3) is 5.64. The van der Waals surface area contributed by atoms with Gasteiger partial charge in [0.05, 0.1) is 6.04 Å². The Morgan fingerprint density at radius 2 is 2.08 bits per heavy atom. The highest BCUT2D eigenvalue weighted by molar-refractivity contribution is 5.81. The topological polar surface area (TPSA) is 53.6 Å². The maximum Gasteiger partial charge on any atom is 0.387 e. The van der Waals surface area contributed by atoms with Crippen LogP contribution in [0.5, 0.6) is 5.75 Å². The molecule has 2 unspecified atom stereocenters. The van der Waals surface area contributed by atoms with E-state index in [4.69, 9.17) is 0 Å². The number of carbonyl (C=O) groups is 1. The molecule has 2 N–H and O–H groups in total. The molecule has 0 saturated carbocycles. The quantitative estimate of drug-likeness (QED) is 0.777. The second-order valence-corrected chi connectivity index (χ2v) is 7.16. The van der Waals surface area contributed by atoms with E-state index in [9.17, 15) is 13.6 Å². The number of alkyl halides is 2. The van der Waals surface area contributed by atoms with Gasteiger partial charge in [0.1, 0.15) is 5.75 Å². The maximum absolute atomic E-state index is 12.2. The summed E-state index contributed by atoms with van der Waals surface area (Å²) in [4.78, 5) is 14.5. The van der Waals surface area contributed by atoms with Gasteiger partial charge in [-0.15, -0.1) is 0 Å². The van der Waals surface area contributed by atoms with Crippen LogP contribution in [0, 0.1) is 5.92 Å². The van der Waals surface area contributed by atoms with Gasteiger partial charge in [-0.05, 0) is 62.4 Å².